The molecule has 0 saturated heterocycles. The Hall–Kier alpha value is -2.24. The Bertz CT molecular complexity index is 694. The minimum absolute atomic E-state index is 0.0182. The molecule has 6 heteroatoms. The van der Waals surface area contributed by atoms with E-state index >= 15 is 0 Å². The van der Waals surface area contributed by atoms with Crippen molar-refractivity contribution in [2.24, 2.45) is 0 Å². The number of hydrogen-bond donors (Lipinski definition) is 1. The summed E-state index contributed by atoms with van der Waals surface area (Å²) < 4.78 is 1.64. The van der Waals surface area contributed by atoms with E-state index in [0.29, 0.717) is 13.0 Å². The van der Waals surface area contributed by atoms with Crippen molar-refractivity contribution in [1.29, 1.82) is 0 Å². The van der Waals surface area contributed by atoms with Crippen molar-refractivity contribution in [1.82, 2.24) is 25.5 Å². The number of hydrogen-bond acceptors (Lipinski definition) is 4. The molecule has 1 atom stereocenters. The highest BCUT2D eigenvalue weighted by Gasteiger charge is 2.14. The summed E-state index contributed by atoms with van der Waals surface area (Å²) in [6.45, 7) is 4.36. The van der Waals surface area contributed by atoms with Gasteiger partial charge < -0.3 is 5.32 Å². The molecule has 23 heavy (non-hydrogen) atoms. The predicted octanol–water partition coefficient (Wildman–Crippen LogP) is 2.13. The van der Waals surface area contributed by atoms with Crippen LogP contribution < -0.4 is 5.32 Å². The highest BCUT2D eigenvalue weighted by Crippen LogP contribution is 2.24. The van der Waals surface area contributed by atoms with Gasteiger partial charge in [0, 0.05) is 6.42 Å². The molecule has 6 nitrogen and oxygen atoms in total. The van der Waals surface area contributed by atoms with Gasteiger partial charge in [0.25, 0.3) is 0 Å². The zero-order valence-electron chi connectivity index (χ0n) is 13.7. The molecule has 1 aromatic carbocycles. The van der Waals surface area contributed by atoms with E-state index in [4.69, 9.17) is 0 Å². The second kappa shape index (κ2) is 6.89. The lowest BCUT2D eigenvalue weighted by Crippen LogP contribution is -2.28. The molecule has 0 aliphatic heterocycles. The van der Waals surface area contributed by atoms with E-state index in [2.05, 4.69) is 39.0 Å². The van der Waals surface area contributed by atoms with Gasteiger partial charge in [0.05, 0.1) is 12.6 Å². The molecule has 0 spiro atoms. The van der Waals surface area contributed by atoms with E-state index in [0.717, 1.165) is 12.2 Å². The molecular formula is C17H23N5O. The van der Waals surface area contributed by atoms with E-state index in [1.165, 1.54) is 36.0 Å². The average molecular weight is 313 g/mol. The Balaban J connectivity index is 1.57. The lowest BCUT2D eigenvalue weighted by atomic mass is 9.89. The van der Waals surface area contributed by atoms with Crippen molar-refractivity contribution in [3.05, 3.63) is 40.7 Å². The van der Waals surface area contributed by atoms with Gasteiger partial charge in [0.1, 0.15) is 5.82 Å². The summed E-state index contributed by atoms with van der Waals surface area (Å²) in [4.78, 5) is 12.1. The maximum absolute atomic E-state index is 12.1. The average Bonchev–Trinajstić information content (AvgIpc) is 2.97. The Morgan fingerprint density at radius 1 is 1.30 bits per heavy atom. The fourth-order valence-corrected chi connectivity index (χ4v) is 3.08. The molecule has 3 rings (SSSR count). The molecular weight excluding hydrogens is 290 g/mol. The third kappa shape index (κ3) is 3.75. The van der Waals surface area contributed by atoms with E-state index in [-0.39, 0.29) is 11.9 Å². The van der Waals surface area contributed by atoms with Gasteiger partial charge in [-0.2, -0.15) is 0 Å². The number of aryl methyl sites for hydroxylation is 4. The number of fused-ring (bicyclic) bond motifs is 1. The summed E-state index contributed by atoms with van der Waals surface area (Å²) in [7, 11) is 0. The highest BCUT2D eigenvalue weighted by molar-refractivity contribution is 5.76. The minimum Gasteiger partial charge on any atom is -0.350 e. The topological polar surface area (TPSA) is 72.7 Å². The van der Waals surface area contributed by atoms with E-state index in [1.54, 1.807) is 4.68 Å². The molecule has 0 bridgehead atoms. The molecule has 1 aliphatic rings. The number of nitrogens with zero attached hydrogens (tertiary/aromatic N) is 4. The van der Waals surface area contributed by atoms with E-state index in [1.807, 2.05) is 13.8 Å². The number of amides is 1. The first kappa shape index (κ1) is 15.6. The van der Waals surface area contributed by atoms with Crippen LogP contribution in [0.2, 0.25) is 0 Å². The monoisotopic (exact) mass is 313 g/mol. The summed E-state index contributed by atoms with van der Waals surface area (Å²) in [5.41, 5.74) is 4.09. The van der Waals surface area contributed by atoms with Crippen LogP contribution in [0.15, 0.2) is 18.2 Å². The Morgan fingerprint density at radius 3 is 2.83 bits per heavy atom. The Labute approximate surface area is 136 Å². The quantitative estimate of drug-likeness (QED) is 0.918. The summed E-state index contributed by atoms with van der Waals surface area (Å²) in [5.74, 6) is 0.741. The molecule has 0 saturated carbocycles. The lowest BCUT2D eigenvalue weighted by molar-refractivity contribution is -0.122. The lowest BCUT2D eigenvalue weighted by Gasteiger charge is -2.20. The van der Waals surface area contributed by atoms with Gasteiger partial charge in [-0.25, -0.2) is 4.68 Å². The molecule has 1 amide bonds. The molecule has 1 N–H and O–H groups in total. The van der Waals surface area contributed by atoms with E-state index < -0.39 is 0 Å². The number of tetrazole rings is 1. The van der Waals surface area contributed by atoms with Crippen LogP contribution in [0.4, 0.5) is 0 Å². The van der Waals surface area contributed by atoms with Crippen LogP contribution in [0.3, 0.4) is 0 Å². The van der Waals surface area contributed by atoms with Crippen molar-refractivity contribution in [2.75, 3.05) is 0 Å². The largest absolute Gasteiger partial charge is 0.350 e. The molecule has 1 heterocycles. The van der Waals surface area contributed by atoms with Crippen molar-refractivity contribution in [3.63, 3.8) is 0 Å². The Morgan fingerprint density at radius 2 is 2.09 bits per heavy atom. The summed E-state index contributed by atoms with van der Waals surface area (Å²) >= 11 is 0. The number of benzene rings is 1. The summed E-state index contributed by atoms with van der Waals surface area (Å²) in [5, 5.41) is 14.3. The van der Waals surface area contributed by atoms with Crippen molar-refractivity contribution in [3.8, 4) is 0 Å². The van der Waals surface area contributed by atoms with Crippen LogP contribution in [0.25, 0.3) is 0 Å². The second-order valence-electron chi connectivity index (χ2n) is 6.22. The highest BCUT2D eigenvalue weighted by atomic mass is 16.1. The van der Waals surface area contributed by atoms with Crippen molar-refractivity contribution in [2.45, 2.75) is 58.5 Å². The maximum atomic E-state index is 12.1. The Kier molecular flexibility index (Phi) is 4.69. The fourth-order valence-electron chi connectivity index (χ4n) is 3.08. The van der Waals surface area contributed by atoms with Gasteiger partial charge >= 0.3 is 0 Å². The molecule has 2 aromatic rings. The standard InChI is InChI=1S/C17H23N5O/c1-12(15-8-7-14-5-3-4-6-16(14)11-15)18-17(23)9-10-22-13(2)19-20-21-22/h7-8,11-12H,3-6,9-10H2,1-2H3,(H,18,23). The van der Waals surface area contributed by atoms with Crippen molar-refractivity contribution >= 4 is 5.91 Å². The van der Waals surface area contributed by atoms with Gasteiger partial charge in [-0.3, -0.25) is 4.79 Å². The van der Waals surface area contributed by atoms with Gasteiger partial charge in [0.15, 0.2) is 0 Å². The van der Waals surface area contributed by atoms with E-state index in [9.17, 15) is 4.79 Å². The zero-order chi connectivity index (χ0) is 16.2. The van der Waals surface area contributed by atoms with Gasteiger partial charge in [0.2, 0.25) is 5.91 Å². The number of aromatic nitrogens is 4. The predicted molar refractivity (Wildman–Crippen MR) is 86.8 cm³/mol. The van der Waals surface area contributed by atoms with Crippen LogP contribution in [0.5, 0.6) is 0 Å². The third-order valence-electron chi connectivity index (χ3n) is 4.51. The smallest absolute Gasteiger partial charge is 0.222 e. The maximum Gasteiger partial charge on any atom is 0.222 e. The van der Waals surface area contributed by atoms with Crippen LogP contribution >= 0.6 is 0 Å². The molecule has 1 aromatic heterocycles. The van der Waals surface area contributed by atoms with Crippen LogP contribution in [-0.4, -0.2) is 26.1 Å². The summed E-state index contributed by atoms with van der Waals surface area (Å²) in [6, 6.07) is 6.63. The number of nitrogens with one attached hydrogen (secondary N) is 1. The zero-order valence-corrected chi connectivity index (χ0v) is 13.7. The van der Waals surface area contributed by atoms with Gasteiger partial charge in [-0.1, -0.05) is 18.2 Å². The molecule has 1 aliphatic carbocycles. The number of rotatable bonds is 5. The molecule has 0 radical (unpaired) electrons. The van der Waals surface area contributed by atoms with Gasteiger partial charge in [-0.15, -0.1) is 5.10 Å². The minimum atomic E-state index is 0.0182. The number of carbonyl (C=O) groups excluding carboxylic acids is 1. The van der Waals surface area contributed by atoms with Crippen LogP contribution in [0.1, 0.15) is 54.7 Å². The summed E-state index contributed by atoms with van der Waals surface area (Å²) in [6.07, 6.45) is 5.27. The first-order valence-corrected chi connectivity index (χ1v) is 8.27. The SMILES string of the molecule is Cc1nnnn1CCC(=O)NC(C)c1ccc2c(c1)CCCC2. The molecule has 122 valence electrons. The van der Waals surface area contributed by atoms with Gasteiger partial charge in [-0.05, 0) is 66.6 Å². The molecule has 1 unspecified atom stereocenters. The normalized spacial score (nSPS) is 15.0. The van der Waals surface area contributed by atoms with Crippen LogP contribution in [-0.2, 0) is 24.2 Å². The molecule has 0 fully saturated rings. The number of carbonyl (C=O) groups is 1. The third-order valence-corrected chi connectivity index (χ3v) is 4.51. The van der Waals surface area contributed by atoms with Crippen molar-refractivity contribution < 1.29 is 4.79 Å². The first-order valence-electron chi connectivity index (χ1n) is 8.27. The fraction of sp³-hybridized carbons (Fsp3) is 0.529. The second-order valence-corrected chi connectivity index (χ2v) is 6.22. The van der Waals surface area contributed by atoms with Crippen LogP contribution in [0, 0.1) is 6.92 Å². The first-order chi connectivity index (χ1) is 11.1.